The number of hydrogen-bond donors (Lipinski definition) is 1. The third-order valence-electron chi connectivity index (χ3n) is 2.95. The summed E-state index contributed by atoms with van der Waals surface area (Å²) in [5.74, 6) is -0.0136. The number of hydrogen-bond acceptors (Lipinski definition) is 3. The minimum absolute atomic E-state index is 0.0136. The van der Waals surface area contributed by atoms with Crippen LogP contribution in [-0.4, -0.2) is 10.9 Å². The van der Waals surface area contributed by atoms with E-state index < -0.39 is 0 Å². The largest absolute Gasteiger partial charge is 0.325 e. The van der Waals surface area contributed by atoms with Gasteiger partial charge in [-0.05, 0) is 38.8 Å². The molecule has 3 nitrogen and oxygen atoms in total. The van der Waals surface area contributed by atoms with Gasteiger partial charge in [-0.3, -0.25) is 4.79 Å². The van der Waals surface area contributed by atoms with E-state index in [0.29, 0.717) is 6.42 Å². The molecule has 1 aromatic heterocycles. The van der Waals surface area contributed by atoms with Gasteiger partial charge in [0, 0.05) is 11.1 Å². The summed E-state index contributed by atoms with van der Waals surface area (Å²) in [6, 6.07) is 4.16. The predicted molar refractivity (Wildman–Crippen MR) is 79.8 cm³/mol. The second-order valence-corrected chi connectivity index (χ2v) is 5.92. The molecule has 0 spiro atoms. The van der Waals surface area contributed by atoms with Crippen molar-refractivity contribution in [1.29, 1.82) is 0 Å². The quantitative estimate of drug-likeness (QED) is 0.930. The molecule has 2 aromatic rings. The van der Waals surface area contributed by atoms with Crippen LogP contribution in [0.3, 0.4) is 0 Å². The lowest BCUT2D eigenvalue weighted by Crippen LogP contribution is -2.16. The van der Waals surface area contributed by atoms with E-state index >= 15 is 0 Å². The predicted octanol–water partition coefficient (Wildman–Crippen LogP) is 3.56. The van der Waals surface area contributed by atoms with Gasteiger partial charge in [-0.15, -0.1) is 11.3 Å². The van der Waals surface area contributed by atoms with Gasteiger partial charge in [-0.1, -0.05) is 17.7 Å². The second kappa shape index (κ2) is 5.53. The number of anilines is 1. The van der Waals surface area contributed by atoms with E-state index in [2.05, 4.69) is 29.4 Å². The number of carbonyl (C=O) groups excluding carboxylic acids is 1. The third kappa shape index (κ3) is 3.41. The van der Waals surface area contributed by atoms with Crippen LogP contribution in [-0.2, 0) is 11.2 Å². The van der Waals surface area contributed by atoms with Gasteiger partial charge in [-0.25, -0.2) is 4.98 Å². The van der Waals surface area contributed by atoms with Crippen molar-refractivity contribution in [2.75, 3.05) is 5.32 Å². The Bertz CT molecular complexity index is 593. The lowest BCUT2D eigenvalue weighted by molar-refractivity contribution is -0.115. The number of aromatic nitrogens is 1. The van der Waals surface area contributed by atoms with E-state index in [9.17, 15) is 4.79 Å². The third-order valence-corrected chi connectivity index (χ3v) is 3.77. The van der Waals surface area contributed by atoms with Gasteiger partial charge in [0.1, 0.15) is 0 Å². The number of carbonyl (C=O) groups is 1. The van der Waals surface area contributed by atoms with Gasteiger partial charge < -0.3 is 5.32 Å². The molecule has 0 atom stereocenters. The molecule has 0 unspecified atom stereocenters. The van der Waals surface area contributed by atoms with Gasteiger partial charge in [0.05, 0.1) is 17.1 Å². The smallest absolute Gasteiger partial charge is 0.230 e. The van der Waals surface area contributed by atoms with Crippen LogP contribution in [0.5, 0.6) is 0 Å². The average Bonchev–Trinajstić information content (AvgIpc) is 2.69. The Kier molecular flexibility index (Phi) is 4.00. The first-order valence-electron chi connectivity index (χ1n) is 6.24. The van der Waals surface area contributed by atoms with Crippen LogP contribution < -0.4 is 5.32 Å². The van der Waals surface area contributed by atoms with Crippen molar-refractivity contribution >= 4 is 22.9 Å². The molecular formula is C15H18N2OS. The number of nitrogens with zero attached hydrogens (tertiary/aromatic N) is 1. The first-order valence-corrected chi connectivity index (χ1v) is 7.12. The Morgan fingerprint density at radius 2 is 1.84 bits per heavy atom. The van der Waals surface area contributed by atoms with Gasteiger partial charge in [0.2, 0.25) is 5.91 Å². The molecule has 0 fully saturated rings. The Morgan fingerprint density at radius 1 is 1.21 bits per heavy atom. The highest BCUT2D eigenvalue weighted by atomic mass is 32.1. The lowest BCUT2D eigenvalue weighted by atomic mass is 10.0. The van der Waals surface area contributed by atoms with E-state index in [0.717, 1.165) is 27.5 Å². The van der Waals surface area contributed by atoms with E-state index in [1.165, 1.54) is 5.56 Å². The molecule has 1 amide bonds. The molecule has 1 heterocycles. The Hall–Kier alpha value is -1.68. The zero-order valence-corrected chi connectivity index (χ0v) is 12.5. The highest BCUT2D eigenvalue weighted by molar-refractivity contribution is 7.09. The fourth-order valence-corrected chi connectivity index (χ4v) is 2.83. The maximum Gasteiger partial charge on any atom is 0.230 e. The van der Waals surface area contributed by atoms with Crippen molar-refractivity contribution in [1.82, 2.24) is 4.98 Å². The number of aryl methyl sites for hydroxylation is 4. The fraction of sp³-hybridized carbons (Fsp3) is 0.333. The van der Waals surface area contributed by atoms with Crippen LogP contribution in [0.1, 0.15) is 27.4 Å². The zero-order valence-electron chi connectivity index (χ0n) is 11.7. The minimum Gasteiger partial charge on any atom is -0.325 e. The van der Waals surface area contributed by atoms with E-state index in [-0.39, 0.29) is 5.91 Å². The first-order chi connectivity index (χ1) is 8.95. The van der Waals surface area contributed by atoms with E-state index in [1.807, 2.05) is 26.2 Å². The molecule has 0 aliphatic heterocycles. The molecule has 0 bridgehead atoms. The summed E-state index contributed by atoms with van der Waals surface area (Å²) in [6.45, 7) is 8.04. The van der Waals surface area contributed by atoms with Crippen molar-refractivity contribution in [3.8, 4) is 0 Å². The monoisotopic (exact) mass is 274 g/mol. The number of thiazole rings is 1. The van der Waals surface area contributed by atoms with E-state index in [4.69, 9.17) is 0 Å². The highest BCUT2D eigenvalue weighted by Gasteiger charge is 2.10. The molecule has 1 N–H and O–H groups in total. The molecule has 100 valence electrons. The fourth-order valence-electron chi connectivity index (χ4n) is 2.21. The molecule has 4 heteroatoms. The van der Waals surface area contributed by atoms with Gasteiger partial charge in [-0.2, -0.15) is 0 Å². The van der Waals surface area contributed by atoms with Crippen LogP contribution in [0.25, 0.3) is 0 Å². The Balaban J connectivity index is 2.11. The van der Waals surface area contributed by atoms with Crippen molar-refractivity contribution in [2.45, 2.75) is 34.1 Å². The summed E-state index contributed by atoms with van der Waals surface area (Å²) in [5.41, 5.74) is 5.16. The van der Waals surface area contributed by atoms with Gasteiger partial charge >= 0.3 is 0 Å². The zero-order chi connectivity index (χ0) is 14.0. The Morgan fingerprint density at radius 3 is 2.37 bits per heavy atom. The molecule has 2 rings (SSSR count). The minimum atomic E-state index is -0.0136. The molecule has 0 radical (unpaired) electrons. The molecular weight excluding hydrogens is 256 g/mol. The highest BCUT2D eigenvalue weighted by Crippen LogP contribution is 2.22. The number of rotatable bonds is 3. The van der Waals surface area contributed by atoms with Gasteiger partial charge in [0.25, 0.3) is 0 Å². The maximum atomic E-state index is 12.0. The van der Waals surface area contributed by atoms with E-state index in [1.54, 1.807) is 11.3 Å². The van der Waals surface area contributed by atoms with Crippen LogP contribution in [0.15, 0.2) is 17.5 Å². The number of benzene rings is 1. The summed E-state index contributed by atoms with van der Waals surface area (Å²) < 4.78 is 0. The average molecular weight is 274 g/mol. The molecule has 0 saturated heterocycles. The van der Waals surface area contributed by atoms with Gasteiger partial charge in [0.15, 0.2) is 0 Å². The second-order valence-electron chi connectivity index (χ2n) is 4.86. The summed E-state index contributed by atoms with van der Waals surface area (Å²) in [7, 11) is 0. The normalized spacial score (nSPS) is 10.5. The summed E-state index contributed by atoms with van der Waals surface area (Å²) in [6.07, 6.45) is 0.330. The summed E-state index contributed by atoms with van der Waals surface area (Å²) >= 11 is 1.57. The lowest BCUT2D eigenvalue weighted by Gasteiger charge is -2.12. The molecule has 19 heavy (non-hydrogen) atoms. The van der Waals surface area contributed by atoms with Crippen LogP contribution in [0.2, 0.25) is 0 Å². The van der Waals surface area contributed by atoms with Crippen molar-refractivity contribution in [3.05, 3.63) is 44.9 Å². The molecule has 0 aliphatic rings. The molecule has 0 saturated carbocycles. The van der Waals surface area contributed by atoms with Crippen LogP contribution in [0, 0.1) is 27.7 Å². The van der Waals surface area contributed by atoms with Crippen molar-refractivity contribution in [2.24, 2.45) is 0 Å². The van der Waals surface area contributed by atoms with Crippen LogP contribution in [0.4, 0.5) is 5.69 Å². The summed E-state index contributed by atoms with van der Waals surface area (Å²) in [4.78, 5) is 16.3. The topological polar surface area (TPSA) is 42.0 Å². The molecule has 0 aliphatic carbocycles. The Labute approximate surface area is 117 Å². The number of nitrogens with one attached hydrogen (secondary N) is 1. The molecule has 1 aromatic carbocycles. The number of amides is 1. The first kappa shape index (κ1) is 13.7. The van der Waals surface area contributed by atoms with Crippen LogP contribution >= 0.6 is 11.3 Å². The maximum absolute atomic E-state index is 12.0. The van der Waals surface area contributed by atoms with Crippen molar-refractivity contribution < 1.29 is 4.79 Å². The standard InChI is InChI=1S/C15H18N2OS/c1-9-5-10(2)15(11(3)6-9)17-14(18)7-13-8-19-12(4)16-13/h5-6,8H,7H2,1-4H3,(H,17,18). The summed E-state index contributed by atoms with van der Waals surface area (Å²) in [5, 5.41) is 5.91. The SMILES string of the molecule is Cc1cc(C)c(NC(=O)Cc2csc(C)n2)c(C)c1. The van der Waals surface area contributed by atoms with Crippen molar-refractivity contribution in [3.63, 3.8) is 0 Å².